The zero-order valence-electron chi connectivity index (χ0n) is 16.3. The van der Waals surface area contributed by atoms with Crippen molar-refractivity contribution >= 4 is 27.2 Å². The summed E-state index contributed by atoms with van der Waals surface area (Å²) in [5.41, 5.74) is 0. The van der Waals surface area contributed by atoms with E-state index < -0.39 is 16.9 Å². The van der Waals surface area contributed by atoms with Crippen LogP contribution in [-0.4, -0.2) is 16.9 Å². The fraction of sp³-hybridized carbons (Fsp3) is 0.455. The van der Waals surface area contributed by atoms with Gasteiger partial charge in [0, 0.05) is 0 Å². The molecule has 24 heavy (non-hydrogen) atoms. The predicted molar refractivity (Wildman–Crippen MR) is 114 cm³/mol. The molecule has 0 nitrogen and oxygen atoms in total. The Morgan fingerprint density at radius 1 is 0.833 bits per heavy atom. The van der Waals surface area contributed by atoms with E-state index in [0.717, 1.165) is 5.16 Å². The van der Waals surface area contributed by atoms with Crippen LogP contribution < -0.4 is 10.4 Å². The van der Waals surface area contributed by atoms with Crippen molar-refractivity contribution < 1.29 is 0 Å². The zero-order valence-corrected chi connectivity index (χ0v) is 18.3. The summed E-state index contributed by atoms with van der Waals surface area (Å²) in [6.07, 6.45) is 2.64. The first kappa shape index (κ1) is 19.2. The van der Waals surface area contributed by atoms with E-state index in [4.69, 9.17) is 0 Å². The molecular weight excluding hydrogens is 320 g/mol. The fourth-order valence-corrected chi connectivity index (χ4v) is 13.5. The lowest BCUT2D eigenvalue weighted by molar-refractivity contribution is 0.688. The van der Waals surface area contributed by atoms with Gasteiger partial charge < -0.3 is 0 Å². The zero-order chi connectivity index (χ0) is 17.8. The Hall–Kier alpha value is -1.13. The summed E-state index contributed by atoms with van der Waals surface area (Å²) in [6, 6.07) is 22.7. The van der Waals surface area contributed by atoms with Gasteiger partial charge >= 0.3 is 0 Å². The SMILES string of the molecule is CCCC([Si](c1ccccc1)c1ccccc1)[Si](C)(C)C(C)(C)C. The van der Waals surface area contributed by atoms with E-state index >= 15 is 0 Å². The van der Waals surface area contributed by atoms with E-state index in [1.165, 1.54) is 12.8 Å². The molecule has 0 aliphatic carbocycles. The van der Waals surface area contributed by atoms with Crippen molar-refractivity contribution in [3.8, 4) is 0 Å². The van der Waals surface area contributed by atoms with Crippen molar-refractivity contribution in [3.63, 3.8) is 0 Å². The molecule has 0 heterocycles. The normalized spacial score (nSPS) is 14.0. The van der Waals surface area contributed by atoms with Crippen molar-refractivity contribution in [3.05, 3.63) is 60.7 Å². The third kappa shape index (κ3) is 4.09. The monoisotopic (exact) mass is 353 g/mol. The lowest BCUT2D eigenvalue weighted by Crippen LogP contribution is -2.57. The van der Waals surface area contributed by atoms with Crippen LogP contribution in [0.25, 0.3) is 0 Å². The van der Waals surface area contributed by atoms with Gasteiger partial charge in [-0.2, -0.15) is 0 Å². The largest absolute Gasteiger partial charge is 0.121 e. The van der Waals surface area contributed by atoms with Crippen molar-refractivity contribution in [2.75, 3.05) is 0 Å². The van der Waals surface area contributed by atoms with Gasteiger partial charge in [-0.05, 0) is 10.2 Å². The molecule has 0 spiro atoms. The van der Waals surface area contributed by atoms with Crippen LogP contribution in [0.2, 0.25) is 23.3 Å². The molecule has 1 unspecified atom stereocenters. The molecule has 2 rings (SSSR count). The number of hydrogen-bond donors (Lipinski definition) is 0. The smallest absolute Gasteiger partial charge is 0.0690 e. The lowest BCUT2D eigenvalue weighted by Gasteiger charge is -2.46. The standard InChI is InChI=1S/C22H33Si2/c1-7-14-21(24(5,6)22(2,3)4)23(19-15-10-8-11-16-19)20-17-12-9-13-18-20/h8-13,15-18,21H,7,14H2,1-6H3. The van der Waals surface area contributed by atoms with E-state index in [1.54, 1.807) is 10.4 Å². The highest BCUT2D eigenvalue weighted by atomic mass is 28.4. The first-order valence-corrected chi connectivity index (χ1v) is 13.9. The minimum Gasteiger partial charge on any atom is -0.0690 e. The molecule has 0 saturated carbocycles. The van der Waals surface area contributed by atoms with Crippen LogP contribution in [0.3, 0.4) is 0 Å². The minimum atomic E-state index is -1.44. The lowest BCUT2D eigenvalue weighted by atomic mass is 10.2. The van der Waals surface area contributed by atoms with Crippen molar-refractivity contribution in [2.45, 2.75) is 63.8 Å². The number of hydrogen-bond acceptors (Lipinski definition) is 0. The summed E-state index contributed by atoms with van der Waals surface area (Å²) in [5, 5.41) is 4.43. The van der Waals surface area contributed by atoms with E-state index in [2.05, 4.69) is 101 Å². The minimum absolute atomic E-state index is 0.423. The van der Waals surface area contributed by atoms with Crippen molar-refractivity contribution in [1.82, 2.24) is 0 Å². The van der Waals surface area contributed by atoms with Gasteiger partial charge in [0.05, 0.1) is 8.07 Å². The van der Waals surface area contributed by atoms with Gasteiger partial charge in [0.25, 0.3) is 0 Å². The quantitative estimate of drug-likeness (QED) is 0.600. The van der Waals surface area contributed by atoms with Gasteiger partial charge in [0.15, 0.2) is 0 Å². The molecule has 0 aliphatic heterocycles. The van der Waals surface area contributed by atoms with Crippen LogP contribution in [-0.2, 0) is 0 Å². The van der Waals surface area contributed by atoms with Crippen LogP contribution in [0.4, 0.5) is 0 Å². The van der Waals surface area contributed by atoms with E-state index in [0.29, 0.717) is 5.04 Å². The van der Waals surface area contributed by atoms with Gasteiger partial charge in [-0.15, -0.1) is 0 Å². The van der Waals surface area contributed by atoms with Crippen LogP contribution in [0, 0.1) is 0 Å². The average molecular weight is 354 g/mol. The van der Waals surface area contributed by atoms with Crippen LogP contribution in [0.15, 0.2) is 60.7 Å². The van der Waals surface area contributed by atoms with Crippen molar-refractivity contribution in [2.24, 2.45) is 0 Å². The van der Waals surface area contributed by atoms with E-state index in [9.17, 15) is 0 Å². The van der Waals surface area contributed by atoms with Gasteiger partial charge in [-0.1, -0.05) is 125 Å². The Kier molecular flexibility index (Phi) is 6.27. The fourth-order valence-electron chi connectivity index (χ4n) is 3.48. The van der Waals surface area contributed by atoms with E-state index in [-0.39, 0.29) is 0 Å². The summed E-state index contributed by atoms with van der Waals surface area (Å²) in [6.45, 7) is 15.0. The van der Waals surface area contributed by atoms with Gasteiger partial charge in [0.2, 0.25) is 0 Å². The molecule has 2 heteroatoms. The Labute approximate surface area is 151 Å². The van der Waals surface area contributed by atoms with Gasteiger partial charge in [-0.25, -0.2) is 0 Å². The van der Waals surface area contributed by atoms with Crippen LogP contribution in [0.1, 0.15) is 40.5 Å². The molecule has 0 aromatic heterocycles. The van der Waals surface area contributed by atoms with Crippen LogP contribution in [0.5, 0.6) is 0 Å². The highest BCUT2D eigenvalue weighted by Crippen LogP contribution is 2.46. The number of rotatable bonds is 6. The molecular formula is C22H33Si2. The molecule has 1 atom stereocenters. The third-order valence-corrected chi connectivity index (χ3v) is 17.7. The highest BCUT2D eigenvalue weighted by molar-refractivity contribution is 7.01. The first-order chi connectivity index (χ1) is 11.3. The molecule has 2 aromatic carbocycles. The summed E-state index contributed by atoms with van der Waals surface area (Å²) in [7, 11) is -2.22. The molecule has 1 radical (unpaired) electrons. The third-order valence-electron chi connectivity index (χ3n) is 5.90. The predicted octanol–water partition coefficient (Wildman–Crippen LogP) is 5.51. The molecule has 2 aromatic rings. The molecule has 0 saturated heterocycles. The summed E-state index contributed by atoms with van der Waals surface area (Å²) in [4.78, 5) is 0. The summed E-state index contributed by atoms with van der Waals surface area (Å²) >= 11 is 0. The molecule has 0 N–H and O–H groups in total. The Balaban J connectivity index is 2.59. The maximum atomic E-state index is 2.63. The molecule has 0 bridgehead atoms. The molecule has 0 fully saturated rings. The summed E-state index contributed by atoms with van der Waals surface area (Å²) in [5.74, 6) is 0. The molecule has 0 aliphatic rings. The highest BCUT2D eigenvalue weighted by Gasteiger charge is 2.46. The van der Waals surface area contributed by atoms with Gasteiger partial charge in [0.1, 0.15) is 8.80 Å². The average Bonchev–Trinajstić information content (AvgIpc) is 2.55. The maximum absolute atomic E-state index is 2.63. The van der Waals surface area contributed by atoms with Crippen LogP contribution >= 0.6 is 0 Å². The Morgan fingerprint density at radius 3 is 1.58 bits per heavy atom. The molecule has 0 amide bonds. The molecule has 129 valence electrons. The Morgan fingerprint density at radius 2 is 1.25 bits per heavy atom. The van der Waals surface area contributed by atoms with E-state index in [1.807, 2.05) is 0 Å². The summed E-state index contributed by atoms with van der Waals surface area (Å²) < 4.78 is 0. The second kappa shape index (κ2) is 7.84. The Bertz CT molecular complexity index is 572. The maximum Gasteiger partial charge on any atom is 0.121 e. The number of benzene rings is 2. The topological polar surface area (TPSA) is 0 Å². The second-order valence-electron chi connectivity index (χ2n) is 8.46. The van der Waals surface area contributed by atoms with Gasteiger partial charge in [-0.3, -0.25) is 0 Å². The second-order valence-corrected chi connectivity index (χ2v) is 17.4. The van der Waals surface area contributed by atoms with Crippen molar-refractivity contribution in [1.29, 1.82) is 0 Å². The first-order valence-electron chi connectivity index (χ1n) is 9.26.